The molecule has 1 N–H and O–H groups in total. The molecule has 1 saturated heterocycles. The Balaban J connectivity index is 1.79. The molecule has 2 aromatic rings. The first kappa shape index (κ1) is 16.3. The van der Waals surface area contributed by atoms with Gasteiger partial charge in [0.05, 0.1) is 7.11 Å². The second-order valence-corrected chi connectivity index (χ2v) is 6.01. The SMILES string of the molecule is CCC(=O)N1CCC(NC(=O)c2ccc(OC)c3ccccc23)C1. The van der Waals surface area contributed by atoms with Crippen LogP contribution >= 0.6 is 0 Å². The highest BCUT2D eigenvalue weighted by molar-refractivity contribution is 6.08. The fourth-order valence-corrected chi connectivity index (χ4v) is 3.24. The largest absolute Gasteiger partial charge is 0.496 e. The molecule has 1 fully saturated rings. The Morgan fingerprint density at radius 1 is 1.21 bits per heavy atom. The van der Waals surface area contributed by atoms with Crippen molar-refractivity contribution in [3.05, 3.63) is 42.0 Å². The molecule has 126 valence electrons. The first-order chi connectivity index (χ1) is 11.6. The summed E-state index contributed by atoms with van der Waals surface area (Å²) in [5.41, 5.74) is 0.631. The van der Waals surface area contributed by atoms with Gasteiger partial charge in [0.2, 0.25) is 5.91 Å². The third-order valence-electron chi connectivity index (χ3n) is 4.53. The number of nitrogens with one attached hydrogen (secondary N) is 1. The van der Waals surface area contributed by atoms with Crippen LogP contribution in [0.2, 0.25) is 0 Å². The minimum atomic E-state index is -0.107. The number of likely N-dealkylation sites (tertiary alicyclic amines) is 1. The predicted molar refractivity (Wildman–Crippen MR) is 93.2 cm³/mol. The molecule has 5 heteroatoms. The average molecular weight is 326 g/mol. The van der Waals surface area contributed by atoms with Crippen molar-refractivity contribution >= 4 is 22.6 Å². The molecule has 0 aromatic heterocycles. The van der Waals surface area contributed by atoms with Crippen molar-refractivity contribution in [3.63, 3.8) is 0 Å². The van der Waals surface area contributed by atoms with Crippen LogP contribution in [0.1, 0.15) is 30.1 Å². The molecule has 1 unspecified atom stereocenters. The van der Waals surface area contributed by atoms with E-state index in [0.717, 1.165) is 22.9 Å². The van der Waals surface area contributed by atoms with E-state index < -0.39 is 0 Å². The number of carbonyl (C=O) groups is 2. The summed E-state index contributed by atoms with van der Waals surface area (Å²) in [6, 6.07) is 11.3. The Bertz CT molecular complexity index is 772. The predicted octanol–water partition coefficient (Wildman–Crippen LogP) is 2.59. The summed E-state index contributed by atoms with van der Waals surface area (Å²) < 4.78 is 5.37. The van der Waals surface area contributed by atoms with Gasteiger partial charge in [0.1, 0.15) is 5.75 Å². The van der Waals surface area contributed by atoms with Gasteiger partial charge in [0, 0.05) is 36.5 Å². The molecular formula is C19H22N2O3. The zero-order chi connectivity index (χ0) is 17.1. The quantitative estimate of drug-likeness (QED) is 0.939. The zero-order valence-corrected chi connectivity index (χ0v) is 14.0. The molecule has 0 radical (unpaired) electrons. The standard InChI is InChI=1S/C19H22N2O3/c1-3-18(22)21-11-10-13(12-21)20-19(23)16-8-9-17(24-2)15-7-5-4-6-14(15)16/h4-9,13H,3,10-12H2,1-2H3,(H,20,23). The fourth-order valence-electron chi connectivity index (χ4n) is 3.24. The molecule has 1 atom stereocenters. The number of hydrogen-bond acceptors (Lipinski definition) is 3. The Kier molecular flexibility index (Phi) is 4.69. The van der Waals surface area contributed by atoms with Crippen molar-refractivity contribution in [2.45, 2.75) is 25.8 Å². The summed E-state index contributed by atoms with van der Waals surface area (Å²) in [5, 5.41) is 4.85. The first-order valence-electron chi connectivity index (χ1n) is 8.28. The monoisotopic (exact) mass is 326 g/mol. The van der Waals surface area contributed by atoms with Crippen LogP contribution in [0.5, 0.6) is 5.75 Å². The average Bonchev–Trinajstić information content (AvgIpc) is 3.08. The molecule has 1 heterocycles. The van der Waals surface area contributed by atoms with Crippen LogP contribution in [0.25, 0.3) is 10.8 Å². The minimum absolute atomic E-state index is 0.00821. The molecule has 0 bridgehead atoms. The van der Waals surface area contributed by atoms with E-state index in [9.17, 15) is 9.59 Å². The van der Waals surface area contributed by atoms with Crippen molar-refractivity contribution in [2.75, 3.05) is 20.2 Å². The fraction of sp³-hybridized carbons (Fsp3) is 0.368. The van der Waals surface area contributed by atoms with Crippen molar-refractivity contribution < 1.29 is 14.3 Å². The van der Waals surface area contributed by atoms with E-state index >= 15 is 0 Å². The molecular weight excluding hydrogens is 304 g/mol. The van der Waals surface area contributed by atoms with E-state index in [1.807, 2.05) is 42.2 Å². The van der Waals surface area contributed by atoms with Crippen LogP contribution in [0.15, 0.2) is 36.4 Å². The Morgan fingerprint density at radius 2 is 1.96 bits per heavy atom. The van der Waals surface area contributed by atoms with E-state index in [1.54, 1.807) is 13.2 Å². The molecule has 2 amide bonds. The van der Waals surface area contributed by atoms with Crippen LogP contribution in [-0.4, -0.2) is 43.0 Å². The Hall–Kier alpha value is -2.56. The summed E-state index contributed by atoms with van der Waals surface area (Å²) in [6.07, 6.45) is 1.30. The lowest BCUT2D eigenvalue weighted by Crippen LogP contribution is -2.38. The molecule has 5 nitrogen and oxygen atoms in total. The van der Waals surface area contributed by atoms with E-state index in [-0.39, 0.29) is 17.9 Å². The van der Waals surface area contributed by atoms with Crippen molar-refractivity contribution in [1.82, 2.24) is 10.2 Å². The van der Waals surface area contributed by atoms with E-state index in [4.69, 9.17) is 4.74 Å². The van der Waals surface area contributed by atoms with Gasteiger partial charge in [0.25, 0.3) is 5.91 Å². The number of carbonyl (C=O) groups excluding carboxylic acids is 2. The molecule has 0 aliphatic carbocycles. The van der Waals surface area contributed by atoms with E-state index in [1.165, 1.54) is 0 Å². The summed E-state index contributed by atoms with van der Waals surface area (Å²) in [6.45, 7) is 3.16. The van der Waals surface area contributed by atoms with Gasteiger partial charge in [0.15, 0.2) is 0 Å². The highest BCUT2D eigenvalue weighted by atomic mass is 16.5. The number of rotatable bonds is 4. The maximum atomic E-state index is 12.7. The van der Waals surface area contributed by atoms with Gasteiger partial charge < -0.3 is 15.0 Å². The van der Waals surface area contributed by atoms with Crippen LogP contribution in [0, 0.1) is 0 Å². The van der Waals surface area contributed by atoms with Gasteiger partial charge in [-0.15, -0.1) is 0 Å². The third-order valence-corrected chi connectivity index (χ3v) is 4.53. The highest BCUT2D eigenvalue weighted by Gasteiger charge is 2.27. The lowest BCUT2D eigenvalue weighted by molar-refractivity contribution is -0.129. The first-order valence-corrected chi connectivity index (χ1v) is 8.28. The molecule has 1 aliphatic heterocycles. The normalized spacial score (nSPS) is 17.1. The van der Waals surface area contributed by atoms with Gasteiger partial charge in [-0.2, -0.15) is 0 Å². The molecule has 0 saturated carbocycles. The molecule has 0 spiro atoms. The van der Waals surface area contributed by atoms with Crippen LogP contribution in [-0.2, 0) is 4.79 Å². The second kappa shape index (κ2) is 6.91. The van der Waals surface area contributed by atoms with Crippen LogP contribution < -0.4 is 10.1 Å². The molecule has 3 rings (SSSR count). The Labute approximate surface area is 141 Å². The third kappa shape index (κ3) is 3.07. The number of methoxy groups -OCH3 is 1. The Morgan fingerprint density at radius 3 is 2.67 bits per heavy atom. The number of fused-ring (bicyclic) bond motifs is 1. The number of nitrogens with zero attached hydrogens (tertiary/aromatic N) is 1. The topological polar surface area (TPSA) is 58.6 Å². The maximum absolute atomic E-state index is 12.7. The van der Waals surface area contributed by atoms with Crippen LogP contribution in [0.3, 0.4) is 0 Å². The molecule has 24 heavy (non-hydrogen) atoms. The lowest BCUT2D eigenvalue weighted by atomic mass is 10.0. The van der Waals surface area contributed by atoms with E-state index in [0.29, 0.717) is 25.1 Å². The summed E-state index contributed by atoms with van der Waals surface area (Å²) in [4.78, 5) is 26.3. The van der Waals surface area contributed by atoms with Crippen molar-refractivity contribution in [2.24, 2.45) is 0 Å². The summed E-state index contributed by atoms with van der Waals surface area (Å²) in [7, 11) is 1.62. The summed E-state index contributed by atoms with van der Waals surface area (Å²) >= 11 is 0. The lowest BCUT2D eigenvalue weighted by Gasteiger charge is -2.17. The second-order valence-electron chi connectivity index (χ2n) is 6.01. The highest BCUT2D eigenvalue weighted by Crippen LogP contribution is 2.28. The van der Waals surface area contributed by atoms with Gasteiger partial charge in [-0.3, -0.25) is 9.59 Å². The number of benzene rings is 2. The molecule has 2 aromatic carbocycles. The minimum Gasteiger partial charge on any atom is -0.496 e. The van der Waals surface area contributed by atoms with E-state index in [2.05, 4.69) is 5.32 Å². The number of ether oxygens (including phenoxy) is 1. The van der Waals surface area contributed by atoms with Gasteiger partial charge >= 0.3 is 0 Å². The zero-order valence-electron chi connectivity index (χ0n) is 14.0. The number of hydrogen-bond donors (Lipinski definition) is 1. The van der Waals surface area contributed by atoms with Gasteiger partial charge in [-0.05, 0) is 23.9 Å². The molecule has 1 aliphatic rings. The number of amides is 2. The smallest absolute Gasteiger partial charge is 0.252 e. The van der Waals surface area contributed by atoms with Crippen LogP contribution in [0.4, 0.5) is 0 Å². The summed E-state index contributed by atoms with van der Waals surface area (Å²) in [5.74, 6) is 0.786. The maximum Gasteiger partial charge on any atom is 0.252 e. The van der Waals surface area contributed by atoms with Gasteiger partial charge in [-0.25, -0.2) is 0 Å². The van der Waals surface area contributed by atoms with Crippen molar-refractivity contribution in [3.8, 4) is 5.75 Å². The van der Waals surface area contributed by atoms with Crippen molar-refractivity contribution in [1.29, 1.82) is 0 Å². The van der Waals surface area contributed by atoms with Gasteiger partial charge in [-0.1, -0.05) is 31.2 Å².